The van der Waals surface area contributed by atoms with Gasteiger partial charge in [-0.2, -0.15) is 5.26 Å². The molecule has 0 heterocycles. The molecule has 0 atom stereocenters. The third-order valence-corrected chi connectivity index (χ3v) is 5.30. The average molecular weight is 439 g/mol. The number of nitriles is 1. The third-order valence-electron chi connectivity index (χ3n) is 5.30. The fourth-order valence-corrected chi connectivity index (χ4v) is 3.82. The predicted octanol–water partition coefficient (Wildman–Crippen LogP) is 4.06. The first-order valence-electron chi connectivity index (χ1n) is 9.98. The number of carbonyl (C=O) groups excluding carboxylic acids is 1. The van der Waals surface area contributed by atoms with Crippen LogP contribution in [0.4, 0.5) is 10.5 Å². The predicted molar refractivity (Wildman–Crippen MR) is 119 cm³/mol. The van der Waals surface area contributed by atoms with Gasteiger partial charge in [0.1, 0.15) is 6.61 Å². The Hall–Kier alpha value is -4.82. The smallest absolute Gasteiger partial charge is 0.407 e. The molecule has 162 valence electrons. The number of carbonyl (C=O) groups is 1. The SMILES string of the molecule is N#Cc1cc(C#CCNC(=O)OCC2c3ccccc3-c3ccccc32)c(O)c([N+](=O)[O-])c1. The zero-order chi connectivity index (χ0) is 23.4. The number of rotatable bonds is 4. The minimum absolute atomic E-state index is 0.00621. The Kier molecular flexibility index (Phi) is 5.92. The number of alkyl carbamates (subject to hydrolysis) is 1. The summed E-state index contributed by atoms with van der Waals surface area (Å²) in [6, 6.07) is 20.0. The molecule has 1 amide bonds. The molecule has 33 heavy (non-hydrogen) atoms. The summed E-state index contributed by atoms with van der Waals surface area (Å²) < 4.78 is 5.40. The first kappa shape index (κ1) is 21.4. The quantitative estimate of drug-likeness (QED) is 0.359. The number of ether oxygens (including phenoxy) is 1. The molecule has 1 aliphatic rings. The number of hydrogen-bond acceptors (Lipinski definition) is 6. The Labute approximate surface area is 189 Å². The molecule has 3 aromatic rings. The van der Waals surface area contributed by atoms with Gasteiger partial charge in [0.2, 0.25) is 5.75 Å². The van der Waals surface area contributed by atoms with Crippen LogP contribution in [0.25, 0.3) is 11.1 Å². The van der Waals surface area contributed by atoms with Crippen LogP contribution >= 0.6 is 0 Å². The molecule has 3 aromatic carbocycles. The number of benzene rings is 3. The number of nitrogens with one attached hydrogen (secondary N) is 1. The summed E-state index contributed by atoms with van der Waals surface area (Å²) in [5, 5.41) is 32.5. The van der Waals surface area contributed by atoms with E-state index < -0.39 is 22.5 Å². The van der Waals surface area contributed by atoms with Crippen molar-refractivity contribution in [2.75, 3.05) is 13.2 Å². The van der Waals surface area contributed by atoms with Crippen LogP contribution in [0.2, 0.25) is 0 Å². The van der Waals surface area contributed by atoms with Gasteiger partial charge in [-0.15, -0.1) is 0 Å². The highest BCUT2D eigenvalue weighted by Crippen LogP contribution is 2.44. The lowest BCUT2D eigenvalue weighted by atomic mass is 9.98. The summed E-state index contributed by atoms with van der Waals surface area (Å²) in [6.45, 7) is 0.0468. The molecule has 0 fully saturated rings. The van der Waals surface area contributed by atoms with Crippen LogP contribution in [0.3, 0.4) is 0 Å². The molecule has 1 aliphatic carbocycles. The first-order valence-corrected chi connectivity index (χ1v) is 9.98. The maximum atomic E-state index is 12.2. The largest absolute Gasteiger partial charge is 0.501 e. The number of amides is 1. The van der Waals surface area contributed by atoms with E-state index in [1.165, 1.54) is 6.07 Å². The maximum Gasteiger partial charge on any atom is 0.407 e. The lowest BCUT2D eigenvalue weighted by Crippen LogP contribution is -2.26. The second-order valence-electron chi connectivity index (χ2n) is 7.24. The van der Waals surface area contributed by atoms with Crippen LogP contribution in [0.5, 0.6) is 5.75 Å². The molecular weight excluding hydrogens is 422 g/mol. The molecule has 0 aromatic heterocycles. The lowest BCUT2D eigenvalue weighted by molar-refractivity contribution is -0.385. The lowest BCUT2D eigenvalue weighted by Gasteiger charge is -2.14. The van der Waals surface area contributed by atoms with Gasteiger partial charge in [-0.25, -0.2) is 4.79 Å². The Morgan fingerprint density at radius 3 is 2.36 bits per heavy atom. The molecule has 4 rings (SSSR count). The summed E-state index contributed by atoms with van der Waals surface area (Å²) in [4.78, 5) is 22.4. The number of hydrogen-bond donors (Lipinski definition) is 2. The van der Waals surface area contributed by atoms with E-state index >= 15 is 0 Å². The van der Waals surface area contributed by atoms with Crippen molar-refractivity contribution < 1.29 is 19.6 Å². The van der Waals surface area contributed by atoms with E-state index in [0.717, 1.165) is 28.3 Å². The van der Waals surface area contributed by atoms with Crippen LogP contribution in [-0.2, 0) is 4.74 Å². The number of fused-ring (bicyclic) bond motifs is 3. The third kappa shape index (κ3) is 4.32. The molecule has 2 N–H and O–H groups in total. The number of nitrogens with zero attached hydrogens (tertiary/aromatic N) is 2. The minimum Gasteiger partial charge on any atom is -0.501 e. The summed E-state index contributed by atoms with van der Waals surface area (Å²) in [7, 11) is 0. The van der Waals surface area contributed by atoms with Crippen molar-refractivity contribution in [3.05, 3.63) is 93.0 Å². The number of phenolic OH excluding ortho intramolecular Hbond substituents is 1. The fraction of sp³-hybridized carbons (Fsp3) is 0.120. The van der Waals surface area contributed by atoms with E-state index in [1.54, 1.807) is 6.07 Å². The van der Waals surface area contributed by atoms with Gasteiger partial charge in [-0.05, 0) is 28.3 Å². The number of nitro benzene ring substituents is 1. The van der Waals surface area contributed by atoms with Gasteiger partial charge >= 0.3 is 11.8 Å². The standard InChI is InChI=1S/C25H17N3O5/c26-14-16-12-17(24(29)23(13-16)28(31)32)6-5-11-27-25(30)33-15-22-20-9-3-1-7-18(20)19-8-2-4-10-21(19)22/h1-4,7-10,12-13,22,29H,11,15H2,(H,27,30). The normalized spacial score (nSPS) is 11.4. The van der Waals surface area contributed by atoms with Crippen LogP contribution in [-0.4, -0.2) is 29.3 Å². The highest BCUT2D eigenvalue weighted by Gasteiger charge is 2.28. The van der Waals surface area contributed by atoms with Gasteiger partial charge in [-0.3, -0.25) is 10.1 Å². The molecule has 0 saturated heterocycles. The maximum absolute atomic E-state index is 12.2. The molecule has 0 aliphatic heterocycles. The van der Waals surface area contributed by atoms with E-state index in [4.69, 9.17) is 10.00 Å². The molecule has 8 heteroatoms. The second-order valence-corrected chi connectivity index (χ2v) is 7.24. The molecule has 8 nitrogen and oxygen atoms in total. The van der Waals surface area contributed by atoms with Crippen molar-refractivity contribution in [2.45, 2.75) is 5.92 Å². The van der Waals surface area contributed by atoms with Gasteiger partial charge in [0.05, 0.1) is 28.7 Å². The molecule has 0 spiro atoms. The highest BCUT2D eigenvalue weighted by atomic mass is 16.6. The van der Waals surface area contributed by atoms with Crippen LogP contribution in [0.1, 0.15) is 28.2 Å². The van der Waals surface area contributed by atoms with Crippen molar-refractivity contribution in [1.29, 1.82) is 5.26 Å². The van der Waals surface area contributed by atoms with Crippen molar-refractivity contribution in [3.63, 3.8) is 0 Å². The minimum atomic E-state index is -0.795. The van der Waals surface area contributed by atoms with Crippen molar-refractivity contribution in [1.82, 2.24) is 5.32 Å². The van der Waals surface area contributed by atoms with Crippen molar-refractivity contribution >= 4 is 11.8 Å². The van der Waals surface area contributed by atoms with Gasteiger partial charge in [-0.1, -0.05) is 60.4 Å². The zero-order valence-corrected chi connectivity index (χ0v) is 17.2. The summed E-state index contributed by atoms with van der Waals surface area (Å²) in [5.41, 5.74) is 3.76. The molecule has 0 radical (unpaired) electrons. The Morgan fingerprint density at radius 1 is 1.12 bits per heavy atom. The van der Waals surface area contributed by atoms with E-state index in [9.17, 15) is 20.0 Å². The van der Waals surface area contributed by atoms with E-state index in [1.807, 2.05) is 48.5 Å². The second kappa shape index (κ2) is 9.13. The highest BCUT2D eigenvalue weighted by molar-refractivity contribution is 5.79. The van der Waals surface area contributed by atoms with Crippen LogP contribution in [0.15, 0.2) is 60.7 Å². The Balaban J connectivity index is 1.39. The number of nitro groups is 1. The fourth-order valence-electron chi connectivity index (χ4n) is 3.82. The zero-order valence-electron chi connectivity index (χ0n) is 17.2. The average Bonchev–Trinajstić information content (AvgIpc) is 3.15. The van der Waals surface area contributed by atoms with E-state index in [-0.39, 0.29) is 30.2 Å². The monoisotopic (exact) mass is 439 g/mol. The topological polar surface area (TPSA) is 125 Å². The summed E-state index contributed by atoms with van der Waals surface area (Å²) in [6.07, 6.45) is -0.660. The molecule has 0 saturated carbocycles. The van der Waals surface area contributed by atoms with Crippen LogP contribution in [0, 0.1) is 33.3 Å². The molecule has 0 bridgehead atoms. The number of aromatic hydroxyl groups is 1. The summed E-state index contributed by atoms with van der Waals surface area (Å²) in [5.74, 6) is 4.43. The van der Waals surface area contributed by atoms with Gasteiger partial charge in [0.25, 0.3) is 0 Å². The first-order chi connectivity index (χ1) is 16.0. The van der Waals surface area contributed by atoms with Gasteiger partial charge < -0.3 is 15.2 Å². The van der Waals surface area contributed by atoms with Crippen LogP contribution < -0.4 is 5.32 Å². The van der Waals surface area contributed by atoms with Crippen molar-refractivity contribution in [2.24, 2.45) is 0 Å². The van der Waals surface area contributed by atoms with E-state index in [2.05, 4.69) is 17.2 Å². The van der Waals surface area contributed by atoms with Gasteiger partial charge in [0.15, 0.2) is 0 Å². The molecule has 0 unspecified atom stereocenters. The Morgan fingerprint density at radius 2 is 1.76 bits per heavy atom. The Bertz CT molecular complexity index is 1320. The van der Waals surface area contributed by atoms with Crippen molar-refractivity contribution in [3.8, 4) is 34.8 Å². The van der Waals surface area contributed by atoms with E-state index in [0.29, 0.717) is 0 Å². The number of phenols is 1. The molecular formula is C25H17N3O5. The summed E-state index contributed by atoms with van der Waals surface area (Å²) >= 11 is 0. The van der Waals surface area contributed by atoms with Gasteiger partial charge in [0, 0.05) is 12.0 Å².